The van der Waals surface area contributed by atoms with Crippen molar-refractivity contribution >= 4 is 23.3 Å². The first-order valence-electron chi connectivity index (χ1n) is 7.02. The van der Waals surface area contributed by atoms with Crippen LogP contribution < -0.4 is 5.32 Å². The molecule has 3 aromatic rings. The van der Waals surface area contributed by atoms with Crippen molar-refractivity contribution in [2.45, 2.75) is 11.6 Å². The summed E-state index contributed by atoms with van der Waals surface area (Å²) in [5.74, 6) is 0.157. The second-order valence-corrected chi connectivity index (χ2v) is 5.69. The van der Waals surface area contributed by atoms with Gasteiger partial charge < -0.3 is 5.32 Å². The zero-order valence-corrected chi connectivity index (χ0v) is 13.6. The van der Waals surface area contributed by atoms with Crippen molar-refractivity contribution in [2.24, 2.45) is 0 Å². The Morgan fingerprint density at radius 3 is 3.00 bits per heavy atom. The van der Waals surface area contributed by atoms with Crippen LogP contribution in [0.25, 0.3) is 0 Å². The number of nitriles is 1. The summed E-state index contributed by atoms with van der Waals surface area (Å²) in [5.41, 5.74) is 1.89. The molecule has 0 bridgehead atoms. The van der Waals surface area contributed by atoms with E-state index in [1.807, 2.05) is 12.3 Å². The summed E-state index contributed by atoms with van der Waals surface area (Å²) in [6, 6.07) is 8.48. The van der Waals surface area contributed by atoms with Crippen LogP contribution in [0.1, 0.15) is 11.1 Å². The van der Waals surface area contributed by atoms with Gasteiger partial charge in [-0.2, -0.15) is 10.4 Å². The first kappa shape index (κ1) is 16.0. The van der Waals surface area contributed by atoms with Crippen molar-refractivity contribution < 1.29 is 4.39 Å². The average molecular weight is 340 g/mol. The lowest BCUT2D eigenvalue weighted by molar-refractivity contribution is 0.619. The fourth-order valence-corrected chi connectivity index (χ4v) is 2.69. The molecule has 0 aliphatic carbocycles. The highest BCUT2D eigenvalue weighted by atomic mass is 32.2. The molecule has 0 unspecified atom stereocenters. The SMILES string of the molecule is CSc1ncnc(Nc2cnn(Cc3cccc(F)c3)c2)c1C#N. The first-order chi connectivity index (χ1) is 11.7. The highest BCUT2D eigenvalue weighted by Gasteiger charge is 2.11. The van der Waals surface area contributed by atoms with Crippen molar-refractivity contribution in [3.63, 3.8) is 0 Å². The number of nitrogens with zero attached hydrogens (tertiary/aromatic N) is 5. The molecule has 2 heterocycles. The molecule has 6 nitrogen and oxygen atoms in total. The minimum atomic E-state index is -0.276. The van der Waals surface area contributed by atoms with Gasteiger partial charge in [-0.3, -0.25) is 4.68 Å². The van der Waals surface area contributed by atoms with Crippen molar-refractivity contribution in [1.29, 1.82) is 5.26 Å². The van der Waals surface area contributed by atoms with E-state index < -0.39 is 0 Å². The van der Waals surface area contributed by atoms with E-state index in [-0.39, 0.29) is 5.82 Å². The van der Waals surface area contributed by atoms with Crippen LogP contribution in [0.15, 0.2) is 48.0 Å². The van der Waals surface area contributed by atoms with Crippen LogP contribution in [0.5, 0.6) is 0 Å². The fraction of sp³-hybridized carbons (Fsp3) is 0.125. The van der Waals surface area contributed by atoms with Crippen LogP contribution in [-0.2, 0) is 6.54 Å². The van der Waals surface area contributed by atoms with Gasteiger partial charge in [0.1, 0.15) is 28.8 Å². The summed E-state index contributed by atoms with van der Waals surface area (Å²) in [7, 11) is 0. The third-order valence-electron chi connectivity index (χ3n) is 3.25. The Bertz CT molecular complexity index is 902. The molecule has 24 heavy (non-hydrogen) atoms. The van der Waals surface area contributed by atoms with Crippen LogP contribution in [0.3, 0.4) is 0 Å². The molecule has 0 amide bonds. The molecule has 0 fully saturated rings. The van der Waals surface area contributed by atoms with E-state index >= 15 is 0 Å². The molecule has 0 aliphatic rings. The summed E-state index contributed by atoms with van der Waals surface area (Å²) in [5, 5.41) is 17.2. The molecule has 0 saturated carbocycles. The largest absolute Gasteiger partial charge is 0.336 e. The maximum atomic E-state index is 13.2. The Morgan fingerprint density at radius 2 is 2.25 bits per heavy atom. The highest BCUT2D eigenvalue weighted by Crippen LogP contribution is 2.24. The molecular weight excluding hydrogens is 327 g/mol. The Labute approximate surface area is 142 Å². The molecule has 3 rings (SSSR count). The number of rotatable bonds is 5. The van der Waals surface area contributed by atoms with Crippen molar-refractivity contribution in [3.05, 3.63) is 59.9 Å². The third kappa shape index (κ3) is 3.52. The summed E-state index contributed by atoms with van der Waals surface area (Å²) in [6.07, 6.45) is 6.66. The second kappa shape index (κ2) is 7.10. The number of nitrogens with one attached hydrogen (secondary N) is 1. The molecule has 0 radical (unpaired) electrons. The fourth-order valence-electron chi connectivity index (χ4n) is 2.19. The van der Waals surface area contributed by atoms with Crippen LogP contribution in [0, 0.1) is 17.1 Å². The molecule has 1 aromatic carbocycles. The van der Waals surface area contributed by atoms with Gasteiger partial charge in [-0.25, -0.2) is 14.4 Å². The van der Waals surface area contributed by atoms with Gasteiger partial charge in [0.15, 0.2) is 5.82 Å². The molecule has 0 spiro atoms. The van der Waals surface area contributed by atoms with E-state index in [0.29, 0.717) is 28.6 Å². The first-order valence-corrected chi connectivity index (χ1v) is 8.25. The predicted molar refractivity (Wildman–Crippen MR) is 89.5 cm³/mol. The number of thioether (sulfide) groups is 1. The van der Waals surface area contributed by atoms with Crippen LogP contribution >= 0.6 is 11.8 Å². The molecule has 120 valence electrons. The van der Waals surface area contributed by atoms with E-state index in [4.69, 9.17) is 0 Å². The second-order valence-electron chi connectivity index (χ2n) is 4.90. The van der Waals surface area contributed by atoms with Gasteiger partial charge in [0.05, 0.1) is 18.4 Å². The third-order valence-corrected chi connectivity index (χ3v) is 3.94. The topological polar surface area (TPSA) is 79.4 Å². The predicted octanol–water partition coefficient (Wildman–Crippen LogP) is 3.20. The minimum Gasteiger partial charge on any atom is -0.336 e. The maximum Gasteiger partial charge on any atom is 0.153 e. The van der Waals surface area contributed by atoms with Gasteiger partial charge in [0, 0.05) is 6.20 Å². The standard InChI is InChI=1S/C16H13FN6S/c1-24-16-14(6-18)15(19-10-20-16)22-13-7-21-23(9-13)8-11-3-2-4-12(17)5-11/h2-5,7,9-10H,8H2,1H3,(H,19,20,22). The number of halogens is 1. The lowest BCUT2D eigenvalue weighted by Crippen LogP contribution is -2.01. The summed E-state index contributed by atoms with van der Waals surface area (Å²) in [4.78, 5) is 8.19. The van der Waals surface area contributed by atoms with E-state index in [2.05, 4.69) is 26.5 Å². The maximum absolute atomic E-state index is 13.2. The number of hydrogen-bond acceptors (Lipinski definition) is 6. The normalized spacial score (nSPS) is 10.4. The Balaban J connectivity index is 1.79. The number of aromatic nitrogens is 4. The van der Waals surface area contributed by atoms with Gasteiger partial charge >= 0.3 is 0 Å². The van der Waals surface area contributed by atoms with E-state index in [0.717, 1.165) is 5.56 Å². The monoisotopic (exact) mass is 340 g/mol. The van der Waals surface area contributed by atoms with Crippen LogP contribution in [0.4, 0.5) is 15.9 Å². The zero-order valence-electron chi connectivity index (χ0n) is 12.8. The zero-order chi connectivity index (χ0) is 16.9. The molecule has 0 atom stereocenters. The molecule has 1 N–H and O–H groups in total. The van der Waals surface area contributed by atoms with Gasteiger partial charge in [-0.1, -0.05) is 12.1 Å². The lowest BCUT2D eigenvalue weighted by Gasteiger charge is -2.06. The smallest absolute Gasteiger partial charge is 0.153 e. The van der Waals surface area contributed by atoms with E-state index in [1.165, 1.54) is 30.2 Å². The molecule has 8 heteroatoms. The average Bonchev–Trinajstić information content (AvgIpc) is 3.01. The Morgan fingerprint density at radius 1 is 1.38 bits per heavy atom. The van der Waals surface area contributed by atoms with Gasteiger partial charge in [-0.15, -0.1) is 11.8 Å². The van der Waals surface area contributed by atoms with E-state index in [9.17, 15) is 9.65 Å². The summed E-state index contributed by atoms with van der Waals surface area (Å²) in [6.45, 7) is 0.449. The molecule has 0 saturated heterocycles. The summed E-state index contributed by atoms with van der Waals surface area (Å²) >= 11 is 1.38. The quantitative estimate of drug-likeness (QED) is 0.567. The van der Waals surface area contributed by atoms with Crippen LogP contribution in [0.2, 0.25) is 0 Å². The lowest BCUT2D eigenvalue weighted by atomic mass is 10.2. The molecular formula is C16H13FN6S. The van der Waals surface area contributed by atoms with E-state index in [1.54, 1.807) is 23.1 Å². The number of hydrogen-bond donors (Lipinski definition) is 1. The number of benzene rings is 1. The Hall–Kier alpha value is -2.92. The summed E-state index contributed by atoms with van der Waals surface area (Å²) < 4.78 is 14.9. The van der Waals surface area contributed by atoms with Crippen molar-refractivity contribution in [1.82, 2.24) is 19.7 Å². The highest BCUT2D eigenvalue weighted by molar-refractivity contribution is 7.98. The molecule has 2 aromatic heterocycles. The van der Waals surface area contributed by atoms with Gasteiger partial charge in [-0.05, 0) is 24.0 Å². The van der Waals surface area contributed by atoms with Crippen molar-refractivity contribution in [2.75, 3.05) is 11.6 Å². The number of anilines is 2. The minimum absolute atomic E-state index is 0.276. The molecule has 0 aliphatic heterocycles. The van der Waals surface area contributed by atoms with Gasteiger partial charge in [0.2, 0.25) is 0 Å². The van der Waals surface area contributed by atoms with Gasteiger partial charge in [0.25, 0.3) is 0 Å². The Kier molecular flexibility index (Phi) is 4.72. The van der Waals surface area contributed by atoms with Crippen LogP contribution in [-0.4, -0.2) is 26.0 Å². The van der Waals surface area contributed by atoms with Crippen molar-refractivity contribution in [3.8, 4) is 6.07 Å².